The normalized spacial score (nSPS) is 10.0. The second-order valence-electron chi connectivity index (χ2n) is 3.25. The Kier molecular flexibility index (Phi) is 3.98. The maximum Gasteiger partial charge on any atom is 0.488 e. The van der Waals surface area contributed by atoms with Crippen molar-refractivity contribution in [3.63, 3.8) is 0 Å². The number of hydrogen-bond donors (Lipinski definition) is 2. The van der Waals surface area contributed by atoms with Gasteiger partial charge in [-0.3, -0.25) is 0 Å². The molecule has 1 aromatic rings. The van der Waals surface area contributed by atoms with Gasteiger partial charge in [-0.05, 0) is 30.4 Å². The Bertz CT molecular complexity index is 299. The Morgan fingerprint density at radius 3 is 2.64 bits per heavy atom. The van der Waals surface area contributed by atoms with Gasteiger partial charge in [-0.25, -0.2) is 0 Å². The minimum Gasteiger partial charge on any atom is -0.493 e. The summed E-state index contributed by atoms with van der Waals surface area (Å²) in [4.78, 5) is 0. The zero-order chi connectivity index (χ0) is 10.6. The lowest BCUT2D eigenvalue weighted by atomic mass is 9.80. The van der Waals surface area contributed by atoms with Crippen LogP contribution in [0.3, 0.4) is 0 Å². The zero-order valence-corrected chi connectivity index (χ0v) is 8.53. The molecule has 0 saturated carbocycles. The van der Waals surface area contributed by atoms with E-state index in [1.807, 2.05) is 19.9 Å². The van der Waals surface area contributed by atoms with Crippen LogP contribution in [0.15, 0.2) is 18.2 Å². The average Bonchev–Trinajstić information content (AvgIpc) is 2.16. The fourth-order valence-electron chi connectivity index (χ4n) is 1.14. The molecule has 0 aliphatic heterocycles. The van der Waals surface area contributed by atoms with E-state index in [0.717, 1.165) is 17.7 Å². The predicted octanol–water partition coefficient (Wildman–Crippen LogP) is 0.464. The molecule has 0 heterocycles. The molecular weight excluding hydrogens is 179 g/mol. The van der Waals surface area contributed by atoms with Gasteiger partial charge < -0.3 is 14.8 Å². The van der Waals surface area contributed by atoms with Gasteiger partial charge in [0.15, 0.2) is 0 Å². The standard InChI is InChI=1S/C10H15BO3/c1-3-6-14-10-7-9(11(12)13)5-4-8(10)2/h4-5,7,12-13H,3,6H2,1-2H3. The van der Waals surface area contributed by atoms with Gasteiger partial charge in [-0.15, -0.1) is 0 Å². The Labute approximate surface area is 84.5 Å². The molecule has 1 aromatic carbocycles. The van der Waals surface area contributed by atoms with E-state index in [2.05, 4.69) is 0 Å². The van der Waals surface area contributed by atoms with E-state index < -0.39 is 7.12 Å². The van der Waals surface area contributed by atoms with Crippen LogP contribution in [0.5, 0.6) is 5.75 Å². The molecule has 0 aliphatic rings. The Balaban J connectivity index is 2.85. The van der Waals surface area contributed by atoms with E-state index in [1.54, 1.807) is 12.1 Å². The third kappa shape index (κ3) is 2.75. The molecule has 4 heteroatoms. The highest BCUT2D eigenvalue weighted by atomic mass is 16.5. The highest BCUT2D eigenvalue weighted by molar-refractivity contribution is 6.58. The Morgan fingerprint density at radius 2 is 2.07 bits per heavy atom. The van der Waals surface area contributed by atoms with Crippen molar-refractivity contribution in [3.05, 3.63) is 23.8 Å². The maximum absolute atomic E-state index is 8.96. The summed E-state index contributed by atoms with van der Waals surface area (Å²) >= 11 is 0. The summed E-state index contributed by atoms with van der Waals surface area (Å²) < 4.78 is 5.45. The van der Waals surface area contributed by atoms with Gasteiger partial charge in [-0.2, -0.15) is 0 Å². The first kappa shape index (κ1) is 11.1. The highest BCUT2D eigenvalue weighted by Crippen LogP contribution is 2.15. The van der Waals surface area contributed by atoms with Gasteiger partial charge in [0.25, 0.3) is 0 Å². The van der Waals surface area contributed by atoms with E-state index in [0.29, 0.717) is 12.1 Å². The van der Waals surface area contributed by atoms with Crippen LogP contribution in [0.2, 0.25) is 0 Å². The van der Waals surface area contributed by atoms with Crippen molar-refractivity contribution in [3.8, 4) is 5.75 Å². The van der Waals surface area contributed by atoms with Crippen molar-refractivity contribution in [1.29, 1.82) is 0 Å². The predicted molar refractivity (Wildman–Crippen MR) is 56.8 cm³/mol. The molecule has 0 aliphatic carbocycles. The lowest BCUT2D eigenvalue weighted by Gasteiger charge is -2.09. The molecule has 1 rings (SSSR count). The first-order chi connectivity index (χ1) is 6.65. The summed E-state index contributed by atoms with van der Waals surface area (Å²) in [5.41, 5.74) is 1.46. The van der Waals surface area contributed by atoms with Gasteiger partial charge in [0.2, 0.25) is 0 Å². The van der Waals surface area contributed by atoms with Crippen molar-refractivity contribution < 1.29 is 14.8 Å². The number of aryl methyl sites for hydroxylation is 1. The third-order valence-electron chi connectivity index (χ3n) is 1.97. The number of rotatable bonds is 4. The van der Waals surface area contributed by atoms with Gasteiger partial charge in [-0.1, -0.05) is 19.1 Å². The SMILES string of the molecule is CCCOc1cc(B(O)O)ccc1C. The van der Waals surface area contributed by atoms with E-state index in [9.17, 15) is 0 Å². The van der Waals surface area contributed by atoms with Crippen LogP contribution in [0.1, 0.15) is 18.9 Å². The fourth-order valence-corrected chi connectivity index (χ4v) is 1.14. The molecule has 0 spiro atoms. The molecule has 76 valence electrons. The molecular formula is C10H15BO3. The van der Waals surface area contributed by atoms with Crippen LogP contribution in [-0.2, 0) is 0 Å². The summed E-state index contributed by atoms with van der Waals surface area (Å²) in [6.45, 7) is 4.60. The van der Waals surface area contributed by atoms with E-state index in [4.69, 9.17) is 14.8 Å². The quantitative estimate of drug-likeness (QED) is 0.684. The number of ether oxygens (including phenoxy) is 1. The fraction of sp³-hybridized carbons (Fsp3) is 0.400. The van der Waals surface area contributed by atoms with E-state index >= 15 is 0 Å². The first-order valence-electron chi connectivity index (χ1n) is 4.74. The topological polar surface area (TPSA) is 49.7 Å². The van der Waals surface area contributed by atoms with Crippen molar-refractivity contribution in [2.45, 2.75) is 20.3 Å². The smallest absolute Gasteiger partial charge is 0.488 e. The van der Waals surface area contributed by atoms with Crippen LogP contribution in [-0.4, -0.2) is 23.8 Å². The van der Waals surface area contributed by atoms with Gasteiger partial charge in [0, 0.05) is 0 Å². The molecule has 0 radical (unpaired) electrons. The van der Waals surface area contributed by atoms with Crippen LogP contribution in [0.4, 0.5) is 0 Å². The van der Waals surface area contributed by atoms with Crippen molar-refractivity contribution in [2.75, 3.05) is 6.61 Å². The molecule has 0 atom stereocenters. The van der Waals surface area contributed by atoms with Crippen LogP contribution >= 0.6 is 0 Å². The average molecular weight is 194 g/mol. The van der Waals surface area contributed by atoms with Crippen LogP contribution in [0.25, 0.3) is 0 Å². The van der Waals surface area contributed by atoms with E-state index in [-0.39, 0.29) is 0 Å². The minimum absolute atomic E-state index is 0.460. The molecule has 0 unspecified atom stereocenters. The molecule has 14 heavy (non-hydrogen) atoms. The van der Waals surface area contributed by atoms with Crippen molar-refractivity contribution in [1.82, 2.24) is 0 Å². The third-order valence-corrected chi connectivity index (χ3v) is 1.97. The Morgan fingerprint density at radius 1 is 1.36 bits per heavy atom. The first-order valence-corrected chi connectivity index (χ1v) is 4.74. The van der Waals surface area contributed by atoms with Crippen LogP contribution in [0, 0.1) is 6.92 Å². The van der Waals surface area contributed by atoms with Crippen LogP contribution < -0.4 is 10.2 Å². The van der Waals surface area contributed by atoms with Gasteiger partial charge >= 0.3 is 7.12 Å². The summed E-state index contributed by atoms with van der Waals surface area (Å²) in [7, 11) is -1.43. The number of hydrogen-bond acceptors (Lipinski definition) is 3. The second kappa shape index (κ2) is 5.03. The molecule has 0 aromatic heterocycles. The van der Waals surface area contributed by atoms with Crippen molar-refractivity contribution in [2.24, 2.45) is 0 Å². The zero-order valence-electron chi connectivity index (χ0n) is 8.53. The Hall–Kier alpha value is -0.995. The minimum atomic E-state index is -1.43. The lowest BCUT2D eigenvalue weighted by molar-refractivity contribution is 0.315. The molecule has 0 bridgehead atoms. The number of benzene rings is 1. The molecule has 0 fully saturated rings. The molecule has 0 saturated heterocycles. The molecule has 0 amide bonds. The van der Waals surface area contributed by atoms with Gasteiger partial charge in [0.05, 0.1) is 6.61 Å². The molecule has 3 nitrogen and oxygen atoms in total. The summed E-state index contributed by atoms with van der Waals surface area (Å²) in [6, 6.07) is 5.16. The monoisotopic (exact) mass is 194 g/mol. The summed E-state index contributed by atoms with van der Waals surface area (Å²) in [5, 5.41) is 17.9. The largest absolute Gasteiger partial charge is 0.493 e. The maximum atomic E-state index is 8.96. The summed E-state index contributed by atoms with van der Waals surface area (Å²) in [5.74, 6) is 0.720. The van der Waals surface area contributed by atoms with E-state index in [1.165, 1.54) is 0 Å². The van der Waals surface area contributed by atoms with Gasteiger partial charge in [0.1, 0.15) is 5.75 Å². The van der Waals surface area contributed by atoms with Crippen molar-refractivity contribution >= 4 is 12.6 Å². The second-order valence-corrected chi connectivity index (χ2v) is 3.25. The summed E-state index contributed by atoms with van der Waals surface area (Å²) in [6.07, 6.45) is 0.936. The lowest BCUT2D eigenvalue weighted by Crippen LogP contribution is -2.29. The highest BCUT2D eigenvalue weighted by Gasteiger charge is 2.12. The molecule has 2 N–H and O–H groups in total.